The van der Waals surface area contributed by atoms with E-state index in [1.54, 1.807) is 0 Å². The van der Waals surface area contributed by atoms with Crippen molar-refractivity contribution in [2.24, 2.45) is 0 Å². The number of rotatable bonds is 5. The molecule has 0 spiro atoms. The van der Waals surface area contributed by atoms with Crippen LogP contribution in [-0.4, -0.2) is 27.9 Å². The molecular formula is C24H13F10N3O2. The van der Waals surface area contributed by atoms with Crippen LogP contribution in [0.5, 0.6) is 0 Å². The lowest BCUT2D eigenvalue weighted by atomic mass is 9.90. The molecule has 15 heteroatoms. The first kappa shape index (κ1) is 27.7. The molecular weight excluding hydrogens is 552 g/mol. The summed E-state index contributed by atoms with van der Waals surface area (Å²) in [5.74, 6) is -13.0. The minimum Gasteiger partial charge on any atom is -0.348 e. The van der Waals surface area contributed by atoms with Gasteiger partial charge in [0, 0.05) is 11.8 Å². The molecule has 0 fully saturated rings. The first-order valence-electron chi connectivity index (χ1n) is 10.6. The Hall–Kier alpha value is -4.30. The summed E-state index contributed by atoms with van der Waals surface area (Å²) in [4.78, 5) is 13.7. The van der Waals surface area contributed by atoms with Crippen LogP contribution in [0.2, 0.25) is 0 Å². The molecule has 0 saturated carbocycles. The molecule has 0 unspecified atom stereocenters. The summed E-state index contributed by atoms with van der Waals surface area (Å²) in [6.07, 6.45) is -10.3. The van der Waals surface area contributed by atoms with Crippen molar-refractivity contribution in [3.8, 4) is 0 Å². The van der Waals surface area contributed by atoms with Gasteiger partial charge in [0.15, 0.2) is 0 Å². The summed E-state index contributed by atoms with van der Waals surface area (Å²) >= 11 is 0. The van der Waals surface area contributed by atoms with Crippen molar-refractivity contribution in [2.45, 2.75) is 24.2 Å². The van der Waals surface area contributed by atoms with E-state index in [1.807, 2.05) is 0 Å². The number of aromatic nitrogens is 1. The molecule has 2 heterocycles. The van der Waals surface area contributed by atoms with E-state index in [0.717, 1.165) is 18.2 Å². The van der Waals surface area contributed by atoms with Gasteiger partial charge in [-0.3, -0.25) is 15.0 Å². The third-order valence-electron chi connectivity index (χ3n) is 5.77. The van der Waals surface area contributed by atoms with Crippen LogP contribution < -0.4 is 4.90 Å². The van der Waals surface area contributed by atoms with Crippen molar-refractivity contribution in [3.63, 3.8) is 0 Å². The number of hydrogen-bond acceptors (Lipinski definition) is 3. The smallest absolute Gasteiger partial charge is 0.348 e. The summed E-state index contributed by atoms with van der Waals surface area (Å²) in [7, 11) is 0. The molecule has 0 amide bonds. The molecule has 39 heavy (non-hydrogen) atoms. The van der Waals surface area contributed by atoms with Gasteiger partial charge < -0.3 is 4.98 Å². The number of anilines is 2. The second-order valence-electron chi connectivity index (χ2n) is 8.18. The van der Waals surface area contributed by atoms with Crippen LogP contribution >= 0.6 is 0 Å². The molecule has 0 bridgehead atoms. The minimum atomic E-state index is -6.72. The number of halogens is 10. The number of benzene rings is 2. The van der Waals surface area contributed by atoms with E-state index in [4.69, 9.17) is 0 Å². The van der Waals surface area contributed by atoms with Gasteiger partial charge in [0.1, 0.15) is 11.5 Å². The van der Waals surface area contributed by atoms with Gasteiger partial charge in [-0.1, -0.05) is 18.2 Å². The van der Waals surface area contributed by atoms with Gasteiger partial charge >= 0.3 is 24.2 Å². The summed E-state index contributed by atoms with van der Waals surface area (Å²) < 4.78 is 137. The highest BCUT2D eigenvalue weighted by atomic mass is 19.4. The zero-order valence-electron chi connectivity index (χ0n) is 18.9. The Bertz CT molecular complexity index is 1450. The molecule has 5 nitrogen and oxygen atoms in total. The van der Waals surface area contributed by atoms with Crippen LogP contribution in [0.25, 0.3) is 11.3 Å². The molecule has 1 N–H and O–H groups in total. The van der Waals surface area contributed by atoms with E-state index < -0.39 is 62.9 Å². The zero-order valence-corrected chi connectivity index (χ0v) is 18.9. The predicted molar refractivity (Wildman–Crippen MR) is 119 cm³/mol. The quantitative estimate of drug-likeness (QED) is 0.194. The molecule has 3 aromatic rings. The fourth-order valence-electron chi connectivity index (χ4n) is 3.97. The van der Waals surface area contributed by atoms with Gasteiger partial charge in [0.25, 0.3) is 5.70 Å². The van der Waals surface area contributed by atoms with Crippen molar-refractivity contribution in [3.05, 3.63) is 105 Å². The topological polar surface area (TPSA) is 62.2 Å². The van der Waals surface area contributed by atoms with E-state index >= 15 is 8.78 Å². The Morgan fingerprint density at radius 2 is 1.44 bits per heavy atom. The van der Waals surface area contributed by atoms with Crippen LogP contribution in [0.4, 0.5) is 55.4 Å². The predicted octanol–water partition coefficient (Wildman–Crippen LogP) is 8.05. The Morgan fingerprint density at radius 3 is 1.95 bits per heavy atom. The highest BCUT2D eigenvalue weighted by molar-refractivity contribution is 6.00. The molecule has 0 saturated heterocycles. The van der Waals surface area contributed by atoms with Crippen LogP contribution in [0.1, 0.15) is 16.7 Å². The normalized spacial score (nSPS) is 16.1. The average molecular weight is 565 g/mol. The standard InChI is InChI=1S/C24H13F10N3O2/c25-21(26,23(30,31)24(32,33)34)18-12-16(15-4-1-2-5-17(15)36(18)19-6-3-11-35-19)20(37(38)39)13-7-9-14(10-8-13)22(27,28)29/h1-12,35H/b20-16-. The highest BCUT2D eigenvalue weighted by Crippen LogP contribution is 2.55. The number of hydrogen-bond donors (Lipinski definition) is 1. The Morgan fingerprint density at radius 1 is 0.821 bits per heavy atom. The summed E-state index contributed by atoms with van der Waals surface area (Å²) in [5.41, 5.74) is -6.32. The van der Waals surface area contributed by atoms with Crippen molar-refractivity contribution in [1.29, 1.82) is 0 Å². The third kappa shape index (κ3) is 4.61. The average Bonchev–Trinajstić information content (AvgIpc) is 3.37. The maximum Gasteiger partial charge on any atom is 0.460 e. The molecule has 1 aliphatic rings. The number of nitro groups is 1. The molecule has 2 aromatic carbocycles. The van der Waals surface area contributed by atoms with Crippen LogP contribution in [0.3, 0.4) is 0 Å². The largest absolute Gasteiger partial charge is 0.460 e. The first-order valence-corrected chi connectivity index (χ1v) is 10.6. The molecule has 0 aliphatic carbocycles. The van der Waals surface area contributed by atoms with Crippen LogP contribution in [0, 0.1) is 10.1 Å². The molecule has 206 valence electrons. The lowest BCUT2D eigenvalue weighted by molar-refractivity contribution is -0.374. The van der Waals surface area contributed by atoms with Gasteiger partial charge in [0.05, 0.1) is 27.3 Å². The number of nitrogens with one attached hydrogen (secondary N) is 1. The molecule has 0 radical (unpaired) electrons. The van der Waals surface area contributed by atoms with Gasteiger partial charge in [-0.15, -0.1) is 0 Å². The first-order chi connectivity index (χ1) is 18.0. The van der Waals surface area contributed by atoms with E-state index in [1.165, 1.54) is 24.4 Å². The molecule has 1 aliphatic heterocycles. The Labute approximate surface area is 211 Å². The lowest BCUT2D eigenvalue weighted by Gasteiger charge is -2.38. The SMILES string of the molecule is O=[N+]([O-])/C(=C1/C=C(C(F)(F)C(F)(F)C(F)(F)F)N(c2ccc[nH]2)c2ccccc21)c1ccc(C(F)(F)F)cc1. The van der Waals surface area contributed by atoms with Crippen molar-refractivity contribution >= 4 is 22.8 Å². The van der Waals surface area contributed by atoms with E-state index in [-0.39, 0.29) is 17.5 Å². The number of alkyl halides is 10. The summed E-state index contributed by atoms with van der Waals surface area (Å²) in [6, 6.07) is 9.30. The fraction of sp³-hybridized carbons (Fsp3) is 0.167. The number of allylic oxidation sites excluding steroid dienone is 3. The van der Waals surface area contributed by atoms with Gasteiger partial charge in [-0.05, 0) is 48.5 Å². The zero-order chi connectivity index (χ0) is 29.0. The Kier molecular flexibility index (Phi) is 6.52. The molecule has 4 rings (SSSR count). The molecule has 0 atom stereocenters. The van der Waals surface area contributed by atoms with Crippen molar-refractivity contribution in [1.82, 2.24) is 4.98 Å². The number of aromatic amines is 1. The number of fused-ring (bicyclic) bond motifs is 1. The summed E-state index contributed by atoms with van der Waals surface area (Å²) in [6.45, 7) is 0. The second-order valence-corrected chi connectivity index (χ2v) is 8.18. The van der Waals surface area contributed by atoms with Crippen LogP contribution in [-0.2, 0) is 6.18 Å². The number of para-hydroxylation sites is 1. The maximum atomic E-state index is 15.2. The van der Waals surface area contributed by atoms with Crippen molar-refractivity contribution in [2.75, 3.05) is 4.90 Å². The second kappa shape index (κ2) is 9.17. The third-order valence-corrected chi connectivity index (χ3v) is 5.77. The molecule has 1 aromatic heterocycles. The van der Waals surface area contributed by atoms with Crippen molar-refractivity contribution < 1.29 is 48.8 Å². The lowest BCUT2D eigenvalue weighted by Crippen LogP contribution is -2.55. The highest BCUT2D eigenvalue weighted by Gasteiger charge is 2.75. The van der Waals surface area contributed by atoms with Gasteiger partial charge in [-0.25, -0.2) is 0 Å². The monoisotopic (exact) mass is 565 g/mol. The van der Waals surface area contributed by atoms with E-state index in [9.17, 15) is 45.2 Å². The van der Waals surface area contributed by atoms with E-state index in [0.29, 0.717) is 29.2 Å². The Balaban J connectivity index is 2.08. The van der Waals surface area contributed by atoms with Gasteiger partial charge in [-0.2, -0.15) is 43.9 Å². The maximum absolute atomic E-state index is 15.2. The minimum absolute atomic E-state index is 0.110. The number of H-pyrrole nitrogens is 1. The summed E-state index contributed by atoms with van der Waals surface area (Å²) in [5, 5.41) is 12.1. The fourth-order valence-corrected chi connectivity index (χ4v) is 3.97. The number of nitrogens with zero attached hydrogens (tertiary/aromatic N) is 2. The van der Waals surface area contributed by atoms with Crippen LogP contribution in [0.15, 0.2) is 78.6 Å². The van der Waals surface area contributed by atoms with E-state index in [2.05, 4.69) is 4.98 Å². The van der Waals surface area contributed by atoms with Gasteiger partial charge in [0.2, 0.25) is 0 Å².